The molecule has 2 unspecified atom stereocenters. The highest BCUT2D eigenvalue weighted by Crippen LogP contribution is 2.21. The van der Waals surface area contributed by atoms with Crippen LogP contribution < -0.4 is 11.1 Å². The van der Waals surface area contributed by atoms with E-state index >= 15 is 0 Å². The van der Waals surface area contributed by atoms with Gasteiger partial charge in [-0.1, -0.05) is 72.8 Å². The van der Waals surface area contributed by atoms with Gasteiger partial charge in [0.25, 0.3) is 5.91 Å². The van der Waals surface area contributed by atoms with E-state index < -0.39 is 17.9 Å². The number of hydrogen-bond donors (Lipinski definition) is 3. The Bertz CT molecular complexity index is 1450. The number of amidine groups is 1. The number of nitrogens with two attached hydrogens (primary N) is 1. The largest absolute Gasteiger partial charge is 0.469 e. The number of amides is 1. The molecule has 1 amide bonds. The second-order valence-corrected chi connectivity index (χ2v) is 9.03. The first-order valence-corrected chi connectivity index (χ1v) is 12.5. The van der Waals surface area contributed by atoms with Gasteiger partial charge in [-0.2, -0.15) is 0 Å². The lowest BCUT2D eigenvalue weighted by atomic mass is 9.90. The van der Waals surface area contributed by atoms with Crippen LogP contribution >= 0.6 is 0 Å². The number of benzene rings is 3. The van der Waals surface area contributed by atoms with Gasteiger partial charge in [-0.25, -0.2) is 0 Å². The molecule has 0 radical (unpaired) electrons. The first kappa shape index (κ1) is 27.0. The van der Waals surface area contributed by atoms with E-state index in [4.69, 9.17) is 15.9 Å². The van der Waals surface area contributed by atoms with Crippen LogP contribution in [0.25, 0.3) is 17.2 Å². The number of esters is 1. The summed E-state index contributed by atoms with van der Waals surface area (Å²) in [5.74, 6) is -1.56. The van der Waals surface area contributed by atoms with Crippen molar-refractivity contribution in [1.82, 2.24) is 10.3 Å². The molecule has 0 aliphatic heterocycles. The van der Waals surface area contributed by atoms with Crippen LogP contribution in [0.2, 0.25) is 0 Å². The number of carbonyl (C=O) groups excluding carboxylic acids is 2. The lowest BCUT2D eigenvalue weighted by molar-refractivity contribution is -0.145. The monoisotopic (exact) mass is 518 g/mol. The highest BCUT2D eigenvalue weighted by Gasteiger charge is 2.29. The van der Waals surface area contributed by atoms with Crippen molar-refractivity contribution >= 4 is 23.8 Å². The zero-order valence-electron chi connectivity index (χ0n) is 21.6. The third kappa shape index (κ3) is 7.26. The standard InChI is InChI=1S/C32H30N4O3/c1-39-32(38)28(21-23-8-5-9-27(20-23)30(33)34)29(15-10-22-6-3-2-4-7-22)36-31(37)26-13-11-24(12-14-26)25-16-18-35-19-17-25/h2-20,28-29H,21H2,1H3,(H3,33,34)(H,36,37). The Morgan fingerprint density at radius 2 is 1.62 bits per heavy atom. The Labute approximate surface area is 227 Å². The molecule has 4 aromatic rings. The smallest absolute Gasteiger partial charge is 0.311 e. The van der Waals surface area contributed by atoms with E-state index in [-0.39, 0.29) is 18.2 Å². The van der Waals surface area contributed by atoms with Gasteiger partial charge in [-0.05, 0) is 59.0 Å². The first-order valence-electron chi connectivity index (χ1n) is 12.5. The van der Waals surface area contributed by atoms with Crippen LogP contribution in [-0.4, -0.2) is 35.8 Å². The van der Waals surface area contributed by atoms with E-state index in [0.29, 0.717) is 11.1 Å². The van der Waals surface area contributed by atoms with Gasteiger partial charge in [0.15, 0.2) is 0 Å². The Balaban J connectivity index is 1.63. The van der Waals surface area contributed by atoms with Gasteiger partial charge in [-0.15, -0.1) is 0 Å². The van der Waals surface area contributed by atoms with Crippen LogP contribution in [0, 0.1) is 11.3 Å². The normalized spacial score (nSPS) is 12.4. The third-order valence-electron chi connectivity index (χ3n) is 6.39. The highest BCUT2D eigenvalue weighted by atomic mass is 16.5. The van der Waals surface area contributed by atoms with Crippen LogP contribution in [0.1, 0.15) is 27.0 Å². The molecule has 7 heteroatoms. The SMILES string of the molecule is COC(=O)C(Cc1cccc(C(=N)N)c1)C(C=Cc1ccccc1)NC(=O)c1ccc(-c2ccncc2)cc1. The molecule has 2 atom stereocenters. The zero-order valence-corrected chi connectivity index (χ0v) is 21.6. The fraction of sp³-hybridized carbons (Fsp3) is 0.125. The fourth-order valence-corrected chi connectivity index (χ4v) is 4.28. The average molecular weight is 519 g/mol. The number of nitrogens with one attached hydrogen (secondary N) is 2. The molecule has 4 rings (SSSR count). The van der Waals surface area contributed by atoms with Gasteiger partial charge in [0.2, 0.25) is 0 Å². The van der Waals surface area contributed by atoms with Crippen molar-refractivity contribution in [3.8, 4) is 11.1 Å². The van der Waals surface area contributed by atoms with Gasteiger partial charge < -0.3 is 15.8 Å². The minimum absolute atomic E-state index is 0.0597. The summed E-state index contributed by atoms with van der Waals surface area (Å²) >= 11 is 0. The second kappa shape index (κ2) is 13.0. The molecule has 0 aliphatic rings. The van der Waals surface area contributed by atoms with Crippen molar-refractivity contribution < 1.29 is 14.3 Å². The number of carbonyl (C=O) groups is 2. The van der Waals surface area contributed by atoms with Gasteiger partial charge in [0, 0.05) is 23.5 Å². The van der Waals surface area contributed by atoms with E-state index in [1.165, 1.54) is 7.11 Å². The molecule has 0 fully saturated rings. The minimum Gasteiger partial charge on any atom is -0.469 e. The van der Waals surface area contributed by atoms with E-state index in [0.717, 1.165) is 22.3 Å². The quantitative estimate of drug-likeness (QED) is 0.157. The number of hydrogen-bond acceptors (Lipinski definition) is 5. The molecule has 0 saturated carbocycles. The minimum atomic E-state index is -0.725. The lowest BCUT2D eigenvalue weighted by Gasteiger charge is -2.24. The van der Waals surface area contributed by atoms with Crippen LogP contribution in [-0.2, 0) is 16.0 Å². The fourth-order valence-electron chi connectivity index (χ4n) is 4.28. The maximum atomic E-state index is 13.4. The van der Waals surface area contributed by atoms with Gasteiger partial charge in [0.1, 0.15) is 5.84 Å². The van der Waals surface area contributed by atoms with Crippen molar-refractivity contribution in [2.45, 2.75) is 12.5 Å². The summed E-state index contributed by atoms with van der Waals surface area (Å²) in [5, 5.41) is 10.8. The molecule has 0 aliphatic carbocycles. The Kier molecular flexibility index (Phi) is 8.98. The number of aromatic nitrogens is 1. The summed E-state index contributed by atoms with van der Waals surface area (Å²) in [6, 6.07) is 27.2. The number of nitrogens with zero attached hydrogens (tertiary/aromatic N) is 1. The van der Waals surface area contributed by atoms with Crippen LogP contribution in [0.4, 0.5) is 0 Å². The molecular formula is C32H30N4O3. The van der Waals surface area contributed by atoms with Crippen LogP contribution in [0.15, 0.2) is 109 Å². The maximum Gasteiger partial charge on any atom is 0.311 e. The summed E-state index contributed by atoms with van der Waals surface area (Å²) in [6.45, 7) is 0. The van der Waals surface area contributed by atoms with E-state index in [1.54, 1.807) is 42.7 Å². The molecule has 0 spiro atoms. The average Bonchev–Trinajstić information content (AvgIpc) is 2.99. The Morgan fingerprint density at radius 3 is 2.28 bits per heavy atom. The van der Waals surface area contributed by atoms with Crippen molar-refractivity contribution in [3.05, 3.63) is 132 Å². The molecule has 196 valence electrons. The number of nitrogen functional groups attached to an aromatic ring is 1. The number of methoxy groups -OCH3 is 1. The number of ether oxygens (including phenoxy) is 1. The lowest BCUT2D eigenvalue weighted by Crippen LogP contribution is -2.43. The third-order valence-corrected chi connectivity index (χ3v) is 6.39. The highest BCUT2D eigenvalue weighted by molar-refractivity contribution is 5.96. The Hall–Kier alpha value is -5.04. The van der Waals surface area contributed by atoms with Gasteiger partial charge in [-0.3, -0.25) is 20.0 Å². The topological polar surface area (TPSA) is 118 Å². The molecule has 4 N–H and O–H groups in total. The van der Waals surface area contributed by atoms with Crippen molar-refractivity contribution in [1.29, 1.82) is 5.41 Å². The molecule has 1 heterocycles. The molecular weight excluding hydrogens is 488 g/mol. The zero-order chi connectivity index (χ0) is 27.6. The maximum absolute atomic E-state index is 13.4. The summed E-state index contributed by atoms with van der Waals surface area (Å²) in [7, 11) is 1.33. The van der Waals surface area contributed by atoms with Crippen molar-refractivity contribution in [2.75, 3.05) is 7.11 Å². The number of pyridine rings is 1. The number of rotatable bonds is 10. The van der Waals surface area contributed by atoms with Crippen LogP contribution in [0.5, 0.6) is 0 Å². The Morgan fingerprint density at radius 1 is 0.923 bits per heavy atom. The molecule has 0 bridgehead atoms. The molecule has 3 aromatic carbocycles. The van der Waals surface area contributed by atoms with Gasteiger partial charge in [0.05, 0.1) is 19.1 Å². The van der Waals surface area contributed by atoms with E-state index in [2.05, 4.69) is 10.3 Å². The summed E-state index contributed by atoms with van der Waals surface area (Å²) < 4.78 is 5.15. The summed E-state index contributed by atoms with van der Waals surface area (Å²) in [6.07, 6.45) is 7.41. The van der Waals surface area contributed by atoms with Crippen LogP contribution in [0.3, 0.4) is 0 Å². The molecule has 1 aromatic heterocycles. The summed E-state index contributed by atoms with van der Waals surface area (Å²) in [4.78, 5) is 30.4. The van der Waals surface area contributed by atoms with Crippen molar-refractivity contribution in [3.63, 3.8) is 0 Å². The van der Waals surface area contributed by atoms with Crippen molar-refractivity contribution in [2.24, 2.45) is 11.7 Å². The molecule has 0 saturated heterocycles. The molecule has 39 heavy (non-hydrogen) atoms. The predicted molar refractivity (Wildman–Crippen MR) is 153 cm³/mol. The first-order chi connectivity index (χ1) is 18.9. The predicted octanol–water partition coefficient (Wildman–Crippen LogP) is 4.88. The molecule has 7 nitrogen and oxygen atoms in total. The van der Waals surface area contributed by atoms with E-state index in [1.807, 2.05) is 72.8 Å². The second-order valence-electron chi connectivity index (χ2n) is 9.03. The summed E-state index contributed by atoms with van der Waals surface area (Å²) in [5.41, 5.74) is 10.4. The van der Waals surface area contributed by atoms with E-state index in [9.17, 15) is 9.59 Å². The van der Waals surface area contributed by atoms with Gasteiger partial charge >= 0.3 is 5.97 Å².